The van der Waals surface area contributed by atoms with Gasteiger partial charge in [-0.1, -0.05) is 0 Å². The minimum absolute atomic E-state index is 0.0360. The van der Waals surface area contributed by atoms with Gasteiger partial charge in [-0.25, -0.2) is 5.43 Å². The number of hydrazone groups is 1. The molecule has 0 unspecified atom stereocenters. The molecule has 13 nitrogen and oxygen atoms in total. The SMILES string of the molecule is COc1cc(C(=O)N/N=C\c2ccc(-c3ccc([N+](=O)[O-])cc3)o2)c([N+](=O)[O-])c(OC)c1OC. The number of amides is 1. The van der Waals surface area contributed by atoms with E-state index in [1.165, 1.54) is 51.8 Å². The number of non-ortho nitro benzene ring substituents is 1. The van der Waals surface area contributed by atoms with E-state index < -0.39 is 21.4 Å². The summed E-state index contributed by atoms with van der Waals surface area (Å²) in [5.41, 5.74) is 1.76. The third-order valence-corrected chi connectivity index (χ3v) is 4.58. The van der Waals surface area contributed by atoms with Crippen molar-refractivity contribution in [2.45, 2.75) is 0 Å². The van der Waals surface area contributed by atoms with Gasteiger partial charge in [-0.3, -0.25) is 25.0 Å². The molecule has 0 fully saturated rings. The van der Waals surface area contributed by atoms with Gasteiger partial charge in [0.25, 0.3) is 11.6 Å². The van der Waals surface area contributed by atoms with Crippen molar-refractivity contribution < 1.29 is 33.3 Å². The Labute approximate surface area is 191 Å². The number of methoxy groups -OCH3 is 3. The normalized spacial score (nSPS) is 10.7. The number of carbonyl (C=O) groups is 1. The topological polar surface area (TPSA) is 169 Å². The van der Waals surface area contributed by atoms with Gasteiger partial charge in [0.1, 0.15) is 17.1 Å². The lowest BCUT2D eigenvalue weighted by atomic mass is 10.1. The van der Waals surface area contributed by atoms with Crippen LogP contribution in [0.3, 0.4) is 0 Å². The fourth-order valence-electron chi connectivity index (χ4n) is 3.03. The van der Waals surface area contributed by atoms with Crippen molar-refractivity contribution >= 4 is 23.5 Å². The van der Waals surface area contributed by atoms with Crippen LogP contribution in [-0.4, -0.2) is 43.3 Å². The predicted molar refractivity (Wildman–Crippen MR) is 119 cm³/mol. The summed E-state index contributed by atoms with van der Waals surface area (Å²) >= 11 is 0. The molecule has 1 N–H and O–H groups in total. The third-order valence-electron chi connectivity index (χ3n) is 4.58. The number of nitrogens with one attached hydrogen (secondary N) is 1. The first-order chi connectivity index (χ1) is 16.3. The van der Waals surface area contributed by atoms with E-state index >= 15 is 0 Å². The van der Waals surface area contributed by atoms with Crippen LogP contribution >= 0.6 is 0 Å². The molecular weight excluding hydrogens is 452 g/mol. The molecule has 2 aromatic carbocycles. The Kier molecular flexibility index (Phi) is 7.06. The molecule has 1 aromatic heterocycles. The molecular formula is C21H18N4O9. The second-order valence-electron chi connectivity index (χ2n) is 6.50. The number of furan rings is 1. The van der Waals surface area contributed by atoms with Crippen LogP contribution in [0.15, 0.2) is 52.0 Å². The second kappa shape index (κ2) is 10.1. The van der Waals surface area contributed by atoms with E-state index in [0.717, 1.165) is 6.07 Å². The van der Waals surface area contributed by atoms with Gasteiger partial charge < -0.3 is 18.6 Å². The average molecular weight is 470 g/mol. The van der Waals surface area contributed by atoms with Crippen molar-refractivity contribution in [2.24, 2.45) is 5.10 Å². The van der Waals surface area contributed by atoms with Crippen LogP contribution in [0.4, 0.5) is 11.4 Å². The highest BCUT2D eigenvalue weighted by Crippen LogP contribution is 2.46. The van der Waals surface area contributed by atoms with Crippen LogP contribution in [0.5, 0.6) is 17.2 Å². The van der Waals surface area contributed by atoms with E-state index in [1.54, 1.807) is 12.1 Å². The number of hydrogen-bond donors (Lipinski definition) is 1. The lowest BCUT2D eigenvalue weighted by Gasteiger charge is -2.14. The first-order valence-electron chi connectivity index (χ1n) is 9.46. The third kappa shape index (κ3) is 4.77. The molecule has 0 aliphatic rings. The number of nitro benzene ring substituents is 2. The van der Waals surface area contributed by atoms with Crippen LogP contribution in [0.25, 0.3) is 11.3 Å². The summed E-state index contributed by atoms with van der Waals surface area (Å²) in [6, 6.07) is 10.1. The standard InChI is InChI=1S/C21H18N4O9/c1-31-17-10-15(18(25(29)30)20(33-3)19(17)32-2)21(26)23-22-11-14-8-9-16(34-14)12-4-6-13(7-5-12)24(27)28/h4-11H,1-3H3,(H,23,26)/b22-11-. The maximum absolute atomic E-state index is 12.6. The van der Waals surface area contributed by atoms with Crippen LogP contribution in [-0.2, 0) is 0 Å². The Balaban J connectivity index is 1.81. The van der Waals surface area contributed by atoms with E-state index in [0.29, 0.717) is 11.3 Å². The highest BCUT2D eigenvalue weighted by atomic mass is 16.6. The van der Waals surface area contributed by atoms with Crippen molar-refractivity contribution in [3.63, 3.8) is 0 Å². The van der Waals surface area contributed by atoms with Crippen molar-refractivity contribution in [1.82, 2.24) is 5.43 Å². The molecule has 0 atom stereocenters. The Bertz CT molecular complexity index is 1270. The highest BCUT2D eigenvalue weighted by molar-refractivity contribution is 6.01. The maximum atomic E-state index is 12.6. The fourth-order valence-corrected chi connectivity index (χ4v) is 3.03. The zero-order valence-corrected chi connectivity index (χ0v) is 18.1. The molecule has 0 saturated carbocycles. The van der Waals surface area contributed by atoms with Crippen molar-refractivity contribution in [1.29, 1.82) is 0 Å². The number of rotatable bonds is 9. The number of hydrogen-bond acceptors (Lipinski definition) is 10. The molecule has 0 aliphatic carbocycles. The number of ether oxygens (including phenoxy) is 3. The second-order valence-corrected chi connectivity index (χ2v) is 6.50. The highest BCUT2D eigenvalue weighted by Gasteiger charge is 2.32. The van der Waals surface area contributed by atoms with Gasteiger partial charge in [-0.15, -0.1) is 0 Å². The minimum Gasteiger partial charge on any atom is -0.493 e. The molecule has 3 aromatic rings. The summed E-state index contributed by atoms with van der Waals surface area (Å²) in [6.45, 7) is 0. The first-order valence-corrected chi connectivity index (χ1v) is 9.46. The molecule has 0 bridgehead atoms. The summed E-state index contributed by atoms with van der Waals surface area (Å²) in [5, 5.41) is 26.2. The summed E-state index contributed by atoms with van der Waals surface area (Å²) in [5.74, 6) is -0.482. The quantitative estimate of drug-likeness (QED) is 0.279. The predicted octanol–water partition coefficient (Wildman–Crippen LogP) is 3.55. The molecule has 1 amide bonds. The monoisotopic (exact) mass is 470 g/mol. The van der Waals surface area contributed by atoms with E-state index in [4.69, 9.17) is 18.6 Å². The Hall–Kier alpha value is -4.94. The summed E-state index contributed by atoms with van der Waals surface area (Å²) in [7, 11) is 3.79. The van der Waals surface area contributed by atoms with Gasteiger partial charge in [0.2, 0.25) is 11.5 Å². The van der Waals surface area contributed by atoms with Crippen molar-refractivity contribution in [3.8, 4) is 28.6 Å². The minimum atomic E-state index is -0.899. The lowest BCUT2D eigenvalue weighted by Crippen LogP contribution is -2.19. The molecule has 3 rings (SSSR count). The largest absolute Gasteiger partial charge is 0.493 e. The fraction of sp³-hybridized carbons (Fsp3) is 0.143. The van der Waals surface area contributed by atoms with Gasteiger partial charge in [-0.05, 0) is 24.3 Å². The van der Waals surface area contributed by atoms with Crippen LogP contribution < -0.4 is 19.6 Å². The van der Waals surface area contributed by atoms with Crippen molar-refractivity contribution in [3.05, 3.63) is 74.0 Å². The molecule has 0 spiro atoms. The molecule has 34 heavy (non-hydrogen) atoms. The lowest BCUT2D eigenvalue weighted by molar-refractivity contribution is -0.386. The smallest absolute Gasteiger partial charge is 0.327 e. The first kappa shape index (κ1) is 23.7. The Morgan fingerprint density at radius 2 is 1.65 bits per heavy atom. The van der Waals surface area contributed by atoms with Crippen LogP contribution in [0.1, 0.15) is 16.1 Å². The van der Waals surface area contributed by atoms with E-state index in [1.807, 2.05) is 0 Å². The van der Waals surface area contributed by atoms with Gasteiger partial charge in [0.15, 0.2) is 5.75 Å². The Morgan fingerprint density at radius 1 is 0.971 bits per heavy atom. The van der Waals surface area contributed by atoms with Gasteiger partial charge in [-0.2, -0.15) is 5.10 Å². The maximum Gasteiger partial charge on any atom is 0.327 e. The molecule has 13 heteroatoms. The number of nitrogens with zero attached hydrogens (tertiary/aromatic N) is 3. The molecule has 0 aliphatic heterocycles. The zero-order chi connectivity index (χ0) is 24.8. The summed E-state index contributed by atoms with van der Waals surface area (Å²) in [4.78, 5) is 33.7. The van der Waals surface area contributed by atoms with Gasteiger partial charge in [0, 0.05) is 23.8 Å². The Morgan fingerprint density at radius 3 is 2.21 bits per heavy atom. The molecule has 1 heterocycles. The van der Waals surface area contributed by atoms with Crippen molar-refractivity contribution in [2.75, 3.05) is 21.3 Å². The van der Waals surface area contributed by atoms with Crippen LogP contribution in [0, 0.1) is 20.2 Å². The van der Waals surface area contributed by atoms with E-state index in [9.17, 15) is 25.0 Å². The molecule has 0 radical (unpaired) electrons. The number of benzene rings is 2. The molecule has 176 valence electrons. The summed E-state index contributed by atoms with van der Waals surface area (Å²) in [6.07, 6.45) is 1.19. The summed E-state index contributed by atoms with van der Waals surface area (Å²) < 4.78 is 20.9. The number of carbonyl (C=O) groups excluding carboxylic acids is 1. The van der Waals surface area contributed by atoms with Gasteiger partial charge >= 0.3 is 5.69 Å². The van der Waals surface area contributed by atoms with Gasteiger partial charge in [0.05, 0.1) is 37.4 Å². The molecule has 0 saturated heterocycles. The average Bonchev–Trinajstić information content (AvgIpc) is 3.31. The van der Waals surface area contributed by atoms with E-state index in [2.05, 4.69) is 10.5 Å². The number of nitro groups is 2. The van der Waals surface area contributed by atoms with E-state index in [-0.39, 0.29) is 34.3 Å². The van der Waals surface area contributed by atoms with Crippen LogP contribution in [0.2, 0.25) is 0 Å². The zero-order valence-electron chi connectivity index (χ0n) is 18.1.